The molecule has 1 N–H and O–H groups in total. The van der Waals surface area contributed by atoms with Gasteiger partial charge in [0.15, 0.2) is 0 Å². The summed E-state index contributed by atoms with van der Waals surface area (Å²) in [6.07, 6.45) is -0.297. The predicted molar refractivity (Wildman–Crippen MR) is 56.4 cm³/mol. The normalized spacial score (nSPS) is 49.2. The fourth-order valence-electron chi connectivity index (χ4n) is 2.17. The molecule has 3 aliphatic rings. The number of rotatable bonds is 1. The topological polar surface area (TPSA) is 68.2 Å². The third kappa shape index (κ3) is 2.68. The first-order chi connectivity index (χ1) is 7.50. The van der Waals surface area contributed by atoms with Crippen molar-refractivity contribution in [3.05, 3.63) is 0 Å². The third-order valence-electron chi connectivity index (χ3n) is 2.62. The second-order valence-electron chi connectivity index (χ2n) is 4.39. The van der Waals surface area contributed by atoms with E-state index < -0.39 is 15.2 Å². The average molecular weight is 247 g/mol. The first-order valence-corrected chi connectivity index (χ1v) is 7.11. The molecule has 3 saturated heterocycles. The smallest absolute Gasteiger partial charge is 0.367 e. The Balaban J connectivity index is 2.22. The zero-order valence-electron chi connectivity index (χ0n) is 9.46. The second kappa shape index (κ2) is 4.51. The maximum Gasteiger partial charge on any atom is 0.678 e. The molecule has 0 saturated carbocycles. The highest BCUT2D eigenvalue weighted by molar-refractivity contribution is 6.52. The SMILES string of the molecule is CC1CN2CC(C)O[Si](O)(O1)OC(C=O)C2. The van der Waals surface area contributed by atoms with Gasteiger partial charge in [-0.15, -0.1) is 0 Å². The summed E-state index contributed by atoms with van der Waals surface area (Å²) in [5.41, 5.74) is 0. The Bertz CT molecular complexity index is 263. The van der Waals surface area contributed by atoms with Crippen molar-refractivity contribution in [2.24, 2.45) is 0 Å². The van der Waals surface area contributed by atoms with Crippen LogP contribution in [-0.2, 0) is 18.1 Å². The molecule has 0 aromatic rings. The highest BCUT2D eigenvalue weighted by atomic mass is 28.4. The molecule has 0 aliphatic carbocycles. The summed E-state index contributed by atoms with van der Waals surface area (Å²) >= 11 is 0. The van der Waals surface area contributed by atoms with Crippen LogP contribution in [0.1, 0.15) is 13.8 Å². The minimum atomic E-state index is -3.65. The van der Waals surface area contributed by atoms with E-state index in [1.54, 1.807) is 0 Å². The number of carbonyl (C=O) groups is 1. The van der Waals surface area contributed by atoms with Crippen molar-refractivity contribution in [3.8, 4) is 0 Å². The number of aldehydes is 1. The van der Waals surface area contributed by atoms with Crippen LogP contribution in [0.2, 0.25) is 0 Å². The van der Waals surface area contributed by atoms with Gasteiger partial charge < -0.3 is 22.9 Å². The molecule has 92 valence electrons. The van der Waals surface area contributed by atoms with Gasteiger partial charge >= 0.3 is 9.05 Å². The zero-order chi connectivity index (χ0) is 11.8. The van der Waals surface area contributed by atoms with E-state index in [9.17, 15) is 9.59 Å². The van der Waals surface area contributed by atoms with Gasteiger partial charge in [-0.3, -0.25) is 4.90 Å². The standard InChI is InChI=1S/C9H17NO5Si/c1-7-3-10-4-8(2)14-16(12,13-7)15-9(5-10)6-11/h6-9,12H,3-5H2,1-2H3. The largest absolute Gasteiger partial charge is 0.678 e. The zero-order valence-corrected chi connectivity index (χ0v) is 10.5. The molecule has 3 fully saturated rings. The van der Waals surface area contributed by atoms with Gasteiger partial charge in [-0.2, -0.15) is 0 Å². The molecule has 3 unspecified atom stereocenters. The molecule has 0 aromatic carbocycles. The molecular weight excluding hydrogens is 230 g/mol. The number of hydrogen-bond acceptors (Lipinski definition) is 6. The molecule has 16 heavy (non-hydrogen) atoms. The van der Waals surface area contributed by atoms with Crippen LogP contribution in [0.15, 0.2) is 0 Å². The summed E-state index contributed by atoms with van der Waals surface area (Å²) in [4.78, 5) is 23.0. The Morgan fingerprint density at radius 2 is 1.75 bits per heavy atom. The Morgan fingerprint density at radius 3 is 2.25 bits per heavy atom. The molecule has 6 nitrogen and oxygen atoms in total. The second-order valence-corrected chi connectivity index (χ2v) is 6.15. The van der Waals surface area contributed by atoms with E-state index in [4.69, 9.17) is 13.3 Å². The van der Waals surface area contributed by atoms with Crippen LogP contribution in [0.25, 0.3) is 0 Å². The summed E-state index contributed by atoms with van der Waals surface area (Å²) in [5.74, 6) is 0. The van der Waals surface area contributed by atoms with E-state index in [1.807, 2.05) is 13.8 Å². The van der Waals surface area contributed by atoms with Crippen LogP contribution in [0, 0.1) is 0 Å². The summed E-state index contributed by atoms with van der Waals surface area (Å²) in [6.45, 7) is 5.55. The highest BCUT2D eigenvalue weighted by Gasteiger charge is 2.50. The lowest BCUT2D eigenvalue weighted by Crippen LogP contribution is -2.62. The quantitative estimate of drug-likeness (QED) is 0.480. The maximum absolute atomic E-state index is 10.8. The summed E-state index contributed by atoms with van der Waals surface area (Å²) in [7, 11) is -3.65. The molecule has 0 radical (unpaired) electrons. The molecule has 0 aromatic heterocycles. The minimum absolute atomic E-state index is 0.156. The van der Waals surface area contributed by atoms with Crippen molar-refractivity contribution in [1.82, 2.24) is 4.90 Å². The number of nitrogens with zero attached hydrogens (tertiary/aromatic N) is 1. The van der Waals surface area contributed by atoms with Gasteiger partial charge in [0.05, 0.1) is 12.2 Å². The van der Waals surface area contributed by atoms with E-state index in [2.05, 4.69) is 4.90 Å². The van der Waals surface area contributed by atoms with E-state index in [-0.39, 0.29) is 12.2 Å². The maximum atomic E-state index is 10.8. The van der Waals surface area contributed by atoms with Crippen LogP contribution in [-0.4, -0.2) is 63.0 Å². The lowest BCUT2D eigenvalue weighted by atomic mass is 10.2. The molecule has 3 rings (SSSR count). The fraction of sp³-hybridized carbons (Fsp3) is 0.889. The monoisotopic (exact) mass is 247 g/mol. The molecule has 7 heteroatoms. The van der Waals surface area contributed by atoms with E-state index in [0.29, 0.717) is 25.9 Å². The van der Waals surface area contributed by atoms with E-state index in [1.165, 1.54) is 0 Å². The van der Waals surface area contributed by atoms with Gasteiger partial charge in [-0.1, -0.05) is 0 Å². The van der Waals surface area contributed by atoms with Gasteiger partial charge in [-0.05, 0) is 13.8 Å². The van der Waals surface area contributed by atoms with Crippen molar-refractivity contribution in [2.45, 2.75) is 32.2 Å². The molecule has 3 aliphatic heterocycles. The molecule has 2 bridgehead atoms. The predicted octanol–water partition coefficient (Wildman–Crippen LogP) is -0.862. The number of carbonyl (C=O) groups excluding carboxylic acids is 1. The Morgan fingerprint density at radius 1 is 1.19 bits per heavy atom. The lowest BCUT2D eigenvalue weighted by Gasteiger charge is -2.41. The molecule has 0 amide bonds. The summed E-state index contributed by atoms with van der Waals surface area (Å²) in [5, 5.41) is 0. The van der Waals surface area contributed by atoms with Gasteiger partial charge in [-0.25, -0.2) is 0 Å². The molecular formula is C9H17NO5Si. The van der Waals surface area contributed by atoms with Crippen LogP contribution in [0.5, 0.6) is 0 Å². The van der Waals surface area contributed by atoms with Gasteiger partial charge in [0.2, 0.25) is 0 Å². The van der Waals surface area contributed by atoms with Crippen molar-refractivity contribution in [3.63, 3.8) is 0 Å². The minimum Gasteiger partial charge on any atom is -0.367 e. The van der Waals surface area contributed by atoms with Crippen molar-refractivity contribution >= 4 is 15.3 Å². The first kappa shape index (κ1) is 12.2. The number of hydrogen-bond donors (Lipinski definition) is 1. The van der Waals surface area contributed by atoms with Crippen LogP contribution < -0.4 is 0 Å². The van der Waals surface area contributed by atoms with Gasteiger partial charge in [0.25, 0.3) is 0 Å². The lowest BCUT2D eigenvalue weighted by molar-refractivity contribution is -0.138. The Hall–Kier alpha value is -0.313. The molecule has 0 spiro atoms. The summed E-state index contributed by atoms with van der Waals surface area (Å²) < 4.78 is 16.1. The van der Waals surface area contributed by atoms with Crippen LogP contribution in [0.4, 0.5) is 0 Å². The van der Waals surface area contributed by atoms with Gasteiger partial charge in [0.1, 0.15) is 12.4 Å². The van der Waals surface area contributed by atoms with Gasteiger partial charge in [0, 0.05) is 19.6 Å². The molecule has 3 heterocycles. The average Bonchev–Trinajstić information content (AvgIpc) is 2.10. The first-order valence-electron chi connectivity index (χ1n) is 5.44. The van der Waals surface area contributed by atoms with Crippen molar-refractivity contribution in [2.75, 3.05) is 19.6 Å². The third-order valence-corrected chi connectivity index (χ3v) is 4.62. The Labute approximate surface area is 95.6 Å². The van der Waals surface area contributed by atoms with Crippen molar-refractivity contribution < 1.29 is 22.9 Å². The Kier molecular flexibility index (Phi) is 3.43. The van der Waals surface area contributed by atoms with Crippen molar-refractivity contribution in [1.29, 1.82) is 0 Å². The number of fused-ring (bicyclic) bond motifs is 6. The highest BCUT2D eigenvalue weighted by Crippen LogP contribution is 2.21. The molecule has 3 atom stereocenters. The van der Waals surface area contributed by atoms with Crippen LogP contribution in [0.3, 0.4) is 0 Å². The summed E-state index contributed by atoms with van der Waals surface area (Å²) in [6, 6.07) is 0. The van der Waals surface area contributed by atoms with E-state index in [0.717, 1.165) is 0 Å². The van der Waals surface area contributed by atoms with E-state index >= 15 is 0 Å². The van der Waals surface area contributed by atoms with Crippen LogP contribution >= 0.6 is 0 Å². The fourth-order valence-corrected chi connectivity index (χ4v) is 4.02.